The number of carbonyl (C=O) groups is 1. The van der Waals surface area contributed by atoms with Gasteiger partial charge in [0.15, 0.2) is 0 Å². The van der Waals surface area contributed by atoms with E-state index in [9.17, 15) is 13.2 Å². The largest absolute Gasteiger partial charge is 0.273 e. The Kier molecular flexibility index (Phi) is 5.47. The lowest BCUT2D eigenvalue weighted by molar-refractivity contribution is 0.0882. The number of sulfonamides is 1. The predicted octanol–water partition coefficient (Wildman–Crippen LogP) is 1.97. The Morgan fingerprint density at radius 2 is 1.75 bits per heavy atom. The van der Waals surface area contributed by atoms with Gasteiger partial charge in [-0.05, 0) is 20.3 Å². The summed E-state index contributed by atoms with van der Waals surface area (Å²) in [6.45, 7) is 9.52. The summed E-state index contributed by atoms with van der Waals surface area (Å²) < 4.78 is 27.8. The van der Waals surface area contributed by atoms with Crippen molar-refractivity contribution in [1.82, 2.24) is 14.1 Å². The number of rotatable bonds is 6. The molecule has 0 spiro atoms. The molecular formula is C13H23N3O3S. The maximum absolute atomic E-state index is 12.6. The van der Waals surface area contributed by atoms with Crippen LogP contribution in [0.2, 0.25) is 0 Å². The van der Waals surface area contributed by atoms with Crippen LogP contribution in [-0.2, 0) is 10.0 Å². The molecule has 0 saturated heterocycles. The highest BCUT2D eigenvalue weighted by Gasteiger charge is 2.30. The third-order valence-corrected chi connectivity index (χ3v) is 5.53. The third kappa shape index (κ3) is 2.93. The van der Waals surface area contributed by atoms with Crippen LogP contribution in [0, 0.1) is 13.8 Å². The summed E-state index contributed by atoms with van der Waals surface area (Å²) in [4.78, 5) is 12.1. The van der Waals surface area contributed by atoms with E-state index in [1.54, 1.807) is 27.7 Å². The molecule has 0 aliphatic rings. The maximum atomic E-state index is 12.6. The molecule has 1 aromatic rings. The molecule has 1 aromatic heterocycles. The van der Waals surface area contributed by atoms with Crippen LogP contribution in [-0.4, -0.2) is 41.5 Å². The van der Waals surface area contributed by atoms with E-state index in [0.29, 0.717) is 37.3 Å². The molecule has 0 atom stereocenters. The molecule has 0 aliphatic carbocycles. The minimum absolute atomic E-state index is 0.158. The average Bonchev–Trinajstić information content (AvgIpc) is 2.66. The molecule has 0 saturated carbocycles. The number of hydrogen-bond donors (Lipinski definition) is 0. The quantitative estimate of drug-likeness (QED) is 0.805. The highest BCUT2D eigenvalue weighted by Crippen LogP contribution is 2.23. The first kappa shape index (κ1) is 16.8. The Morgan fingerprint density at radius 3 is 2.20 bits per heavy atom. The molecule has 0 N–H and O–H groups in total. The summed E-state index contributed by atoms with van der Waals surface area (Å²) in [6.07, 6.45) is 1.06. The third-order valence-electron chi connectivity index (χ3n) is 3.23. The van der Waals surface area contributed by atoms with E-state index < -0.39 is 10.0 Å². The highest BCUT2D eigenvalue weighted by molar-refractivity contribution is 7.89. The molecule has 0 unspecified atom stereocenters. The molecule has 0 aromatic carbocycles. The molecule has 0 bridgehead atoms. The van der Waals surface area contributed by atoms with Crippen LogP contribution in [0.15, 0.2) is 4.90 Å². The summed E-state index contributed by atoms with van der Waals surface area (Å²) in [5, 5.41) is 4.11. The normalized spacial score (nSPS) is 12.1. The van der Waals surface area contributed by atoms with Crippen LogP contribution in [0.3, 0.4) is 0 Å². The number of carbonyl (C=O) groups excluding carboxylic acids is 1. The zero-order valence-corrected chi connectivity index (χ0v) is 13.6. The van der Waals surface area contributed by atoms with Crippen LogP contribution >= 0.6 is 0 Å². The SMILES string of the molecule is CCCC(=O)n1nc(C)c(S(=O)(=O)N(CC)CC)c1C. The van der Waals surface area contributed by atoms with Crippen LogP contribution in [0.1, 0.15) is 49.8 Å². The zero-order chi connectivity index (χ0) is 15.5. The zero-order valence-electron chi connectivity index (χ0n) is 12.8. The molecular weight excluding hydrogens is 278 g/mol. The fourth-order valence-electron chi connectivity index (χ4n) is 2.26. The molecule has 0 amide bonds. The lowest BCUT2D eigenvalue weighted by atomic mass is 10.3. The van der Waals surface area contributed by atoms with Gasteiger partial charge >= 0.3 is 0 Å². The second-order valence-electron chi connectivity index (χ2n) is 4.64. The maximum Gasteiger partial charge on any atom is 0.247 e. The highest BCUT2D eigenvalue weighted by atomic mass is 32.2. The summed E-state index contributed by atoms with van der Waals surface area (Å²) in [6, 6.07) is 0. The molecule has 6 nitrogen and oxygen atoms in total. The summed E-state index contributed by atoms with van der Waals surface area (Å²) in [5.41, 5.74) is 0.770. The van der Waals surface area contributed by atoms with E-state index in [1.807, 2.05) is 6.92 Å². The first-order valence-electron chi connectivity index (χ1n) is 6.90. The standard InChI is InChI=1S/C13H23N3O3S/c1-6-9-12(17)16-11(5)13(10(4)14-16)20(18,19)15(7-2)8-3/h6-9H2,1-5H3. The van der Waals surface area contributed by atoms with Crippen molar-refractivity contribution in [2.75, 3.05) is 13.1 Å². The Bertz CT molecular complexity index is 586. The van der Waals surface area contributed by atoms with Crippen molar-refractivity contribution in [2.24, 2.45) is 0 Å². The number of hydrogen-bond acceptors (Lipinski definition) is 4. The van der Waals surface area contributed by atoms with Gasteiger partial charge in [0.2, 0.25) is 15.9 Å². The summed E-state index contributed by atoms with van der Waals surface area (Å²) in [5.74, 6) is -0.172. The van der Waals surface area contributed by atoms with Crippen LogP contribution < -0.4 is 0 Å². The van der Waals surface area contributed by atoms with E-state index in [-0.39, 0.29) is 10.8 Å². The molecule has 114 valence electrons. The first-order valence-corrected chi connectivity index (χ1v) is 8.34. The fraction of sp³-hybridized carbons (Fsp3) is 0.692. The Morgan fingerprint density at radius 1 is 1.20 bits per heavy atom. The molecule has 0 radical (unpaired) electrons. The van der Waals surface area contributed by atoms with Gasteiger partial charge < -0.3 is 0 Å². The molecule has 20 heavy (non-hydrogen) atoms. The predicted molar refractivity (Wildman–Crippen MR) is 77.3 cm³/mol. The molecule has 1 heterocycles. The second kappa shape index (κ2) is 6.49. The van der Waals surface area contributed by atoms with Crippen LogP contribution in [0.4, 0.5) is 0 Å². The van der Waals surface area contributed by atoms with Gasteiger partial charge in [-0.15, -0.1) is 0 Å². The van der Waals surface area contributed by atoms with Gasteiger partial charge in [0, 0.05) is 19.5 Å². The van der Waals surface area contributed by atoms with E-state index in [4.69, 9.17) is 0 Å². The number of aromatic nitrogens is 2. The molecule has 7 heteroatoms. The Hall–Kier alpha value is -1.21. The smallest absolute Gasteiger partial charge is 0.247 e. The lowest BCUT2D eigenvalue weighted by Gasteiger charge is -2.18. The van der Waals surface area contributed by atoms with Gasteiger partial charge in [-0.3, -0.25) is 4.79 Å². The average molecular weight is 301 g/mol. The van der Waals surface area contributed by atoms with E-state index in [1.165, 1.54) is 8.99 Å². The summed E-state index contributed by atoms with van der Waals surface area (Å²) in [7, 11) is -3.59. The van der Waals surface area contributed by atoms with E-state index >= 15 is 0 Å². The van der Waals surface area contributed by atoms with Crippen molar-refractivity contribution in [2.45, 2.75) is 52.4 Å². The van der Waals surface area contributed by atoms with Crippen LogP contribution in [0.5, 0.6) is 0 Å². The minimum atomic E-state index is -3.59. The fourth-order valence-corrected chi connectivity index (χ4v) is 4.07. The van der Waals surface area contributed by atoms with Gasteiger partial charge in [0.25, 0.3) is 0 Å². The molecule has 0 aliphatic heterocycles. The first-order chi connectivity index (χ1) is 9.31. The number of nitrogens with zero attached hydrogens (tertiary/aromatic N) is 3. The Balaban J connectivity index is 3.37. The van der Waals surface area contributed by atoms with Gasteiger partial charge in [-0.1, -0.05) is 20.8 Å². The van der Waals surface area contributed by atoms with Crippen molar-refractivity contribution in [3.63, 3.8) is 0 Å². The van der Waals surface area contributed by atoms with Gasteiger partial charge in [0.1, 0.15) is 4.90 Å². The monoisotopic (exact) mass is 301 g/mol. The Labute approximate surface area is 120 Å². The van der Waals surface area contributed by atoms with Crippen molar-refractivity contribution >= 4 is 15.9 Å². The van der Waals surface area contributed by atoms with Crippen molar-refractivity contribution in [3.05, 3.63) is 11.4 Å². The summed E-state index contributed by atoms with van der Waals surface area (Å²) >= 11 is 0. The second-order valence-corrected chi connectivity index (χ2v) is 6.52. The molecule has 1 rings (SSSR count). The van der Waals surface area contributed by atoms with E-state index in [2.05, 4.69) is 5.10 Å². The van der Waals surface area contributed by atoms with E-state index in [0.717, 1.165) is 0 Å². The number of aryl methyl sites for hydroxylation is 1. The van der Waals surface area contributed by atoms with Crippen LogP contribution in [0.25, 0.3) is 0 Å². The van der Waals surface area contributed by atoms with Crippen molar-refractivity contribution in [1.29, 1.82) is 0 Å². The van der Waals surface area contributed by atoms with Crippen molar-refractivity contribution < 1.29 is 13.2 Å². The van der Waals surface area contributed by atoms with Gasteiger partial charge in [-0.2, -0.15) is 9.40 Å². The minimum Gasteiger partial charge on any atom is -0.273 e. The van der Waals surface area contributed by atoms with Gasteiger partial charge in [-0.25, -0.2) is 13.1 Å². The molecule has 0 fully saturated rings. The lowest BCUT2D eigenvalue weighted by Crippen LogP contribution is -2.31. The topological polar surface area (TPSA) is 72.3 Å². The van der Waals surface area contributed by atoms with Gasteiger partial charge in [0.05, 0.1) is 11.4 Å². The van der Waals surface area contributed by atoms with Crippen molar-refractivity contribution in [3.8, 4) is 0 Å².